The maximum Gasteiger partial charge on any atom is 0.122 e. The van der Waals surface area contributed by atoms with E-state index in [1.807, 2.05) is 13.8 Å². The maximum absolute atomic E-state index is 10.4. The van der Waals surface area contributed by atoms with Crippen molar-refractivity contribution in [2.75, 3.05) is 0 Å². The van der Waals surface area contributed by atoms with Gasteiger partial charge in [-0.3, -0.25) is 0 Å². The molecule has 0 saturated carbocycles. The molecule has 0 radical (unpaired) electrons. The van der Waals surface area contributed by atoms with Crippen LogP contribution in [0.2, 0.25) is 0 Å². The van der Waals surface area contributed by atoms with Gasteiger partial charge in [0.05, 0.1) is 0 Å². The summed E-state index contributed by atoms with van der Waals surface area (Å²) in [5.41, 5.74) is 12.5. The molecule has 0 aliphatic carbocycles. The zero-order valence-electron chi connectivity index (χ0n) is 30.7. The molecule has 250 valence electrons. The van der Waals surface area contributed by atoms with Crippen molar-refractivity contribution < 1.29 is 10.2 Å². The molecule has 0 aliphatic heterocycles. The van der Waals surface area contributed by atoms with Crippen LogP contribution < -0.4 is 0 Å². The predicted octanol–water partition coefficient (Wildman–Crippen LogP) is 13.6. The molecule has 0 aliphatic rings. The lowest BCUT2D eigenvalue weighted by Gasteiger charge is -2.10. The molecule has 0 heterocycles. The van der Waals surface area contributed by atoms with Crippen molar-refractivity contribution in [2.24, 2.45) is 0 Å². The summed E-state index contributed by atoms with van der Waals surface area (Å²) in [6.45, 7) is 21.5. The molecule has 0 amide bonds. The minimum Gasteiger partial charge on any atom is -0.508 e. The predicted molar refractivity (Wildman–Crippen MR) is 200 cm³/mol. The topological polar surface area (TPSA) is 40.5 Å². The molecule has 1 rings (SSSR count). The van der Waals surface area contributed by atoms with E-state index in [1.165, 1.54) is 51.9 Å². The Labute approximate surface area is 278 Å². The molecule has 0 spiro atoms. The highest BCUT2D eigenvalue weighted by Gasteiger charge is 2.10. The highest BCUT2D eigenvalue weighted by molar-refractivity contribution is 5.51. The smallest absolute Gasteiger partial charge is 0.122 e. The number of allylic oxidation sites excluding steroid dienone is 14. The Morgan fingerprint density at radius 2 is 0.778 bits per heavy atom. The summed E-state index contributed by atoms with van der Waals surface area (Å²) in [7, 11) is 0. The second-order valence-electron chi connectivity index (χ2n) is 13.7. The van der Waals surface area contributed by atoms with Crippen LogP contribution in [-0.4, -0.2) is 10.2 Å². The molecule has 45 heavy (non-hydrogen) atoms. The summed E-state index contributed by atoms with van der Waals surface area (Å²) in [6, 6.07) is 1.69. The van der Waals surface area contributed by atoms with E-state index in [0.29, 0.717) is 12.2 Å². The Bertz CT molecular complexity index is 1270. The number of hydrogen-bond acceptors (Lipinski definition) is 2. The van der Waals surface area contributed by atoms with Crippen LogP contribution >= 0.6 is 0 Å². The van der Waals surface area contributed by atoms with Gasteiger partial charge in [-0.25, -0.2) is 0 Å². The summed E-state index contributed by atoms with van der Waals surface area (Å²) in [5.74, 6) is 0.555. The zero-order chi connectivity index (χ0) is 33.8. The Balaban J connectivity index is 2.31. The zero-order valence-corrected chi connectivity index (χ0v) is 30.7. The molecule has 0 fully saturated rings. The summed E-state index contributed by atoms with van der Waals surface area (Å²) >= 11 is 0. The SMILES string of the molecule is CC(C)=CCC/C(C)=C\CC/C(C)=C\CC/C(C)=C/CC/C(C)=C/CC/C(C)=C/CC/C(C)=C/Cc1cc(O)c(C)c(C)c1O. The van der Waals surface area contributed by atoms with Crippen molar-refractivity contribution in [1.82, 2.24) is 0 Å². The van der Waals surface area contributed by atoms with Crippen LogP contribution in [0.25, 0.3) is 0 Å². The van der Waals surface area contributed by atoms with Gasteiger partial charge in [-0.2, -0.15) is 0 Å². The molecular weight excluding hydrogens is 548 g/mol. The Hall–Kier alpha value is -3.00. The molecule has 0 saturated heterocycles. The number of phenolic OH excluding ortho intramolecular Hbond substituents is 2. The first-order valence-electron chi connectivity index (χ1n) is 17.4. The second-order valence-corrected chi connectivity index (χ2v) is 13.7. The molecular formula is C43H66O2. The van der Waals surface area contributed by atoms with E-state index < -0.39 is 0 Å². The fourth-order valence-electron chi connectivity index (χ4n) is 5.32. The van der Waals surface area contributed by atoms with E-state index in [2.05, 4.69) is 97.9 Å². The summed E-state index contributed by atoms with van der Waals surface area (Å²) < 4.78 is 0. The van der Waals surface area contributed by atoms with Crippen molar-refractivity contribution in [1.29, 1.82) is 0 Å². The number of benzene rings is 1. The van der Waals surface area contributed by atoms with E-state index in [4.69, 9.17) is 0 Å². The molecule has 0 unspecified atom stereocenters. The van der Waals surface area contributed by atoms with Gasteiger partial charge in [0.2, 0.25) is 0 Å². The highest BCUT2D eigenvalue weighted by atomic mass is 16.3. The highest BCUT2D eigenvalue weighted by Crippen LogP contribution is 2.32. The Kier molecular flexibility index (Phi) is 20.0. The first kappa shape index (κ1) is 40.0. The molecule has 0 bridgehead atoms. The van der Waals surface area contributed by atoms with Gasteiger partial charge in [-0.1, -0.05) is 81.5 Å². The number of rotatable bonds is 20. The van der Waals surface area contributed by atoms with E-state index in [9.17, 15) is 10.2 Å². The molecule has 2 N–H and O–H groups in total. The summed E-state index contributed by atoms with van der Waals surface area (Å²) in [5, 5.41) is 20.5. The molecule has 2 nitrogen and oxygen atoms in total. The van der Waals surface area contributed by atoms with Crippen LogP contribution in [0.15, 0.2) is 87.6 Å². The standard InChI is InChI=1S/C43H66O2/c1-32(2)17-11-18-33(3)19-12-20-34(4)21-13-22-35(5)23-14-24-36(6)25-15-26-37(7)27-16-28-38(8)29-30-41-31-42(44)39(9)40(10)43(41)45/h17,19,21,23,25,27,29,31,44-45H,11-16,18,20,22,24,26,28,30H2,1-10H3/b33-19-,34-21-,35-23+,36-25+,37-27+,38-29+. The number of aromatic hydroxyl groups is 2. The van der Waals surface area contributed by atoms with Gasteiger partial charge < -0.3 is 10.2 Å². The first-order chi connectivity index (χ1) is 21.3. The average Bonchev–Trinajstić information content (AvgIpc) is 2.97. The van der Waals surface area contributed by atoms with Gasteiger partial charge in [0.1, 0.15) is 11.5 Å². The van der Waals surface area contributed by atoms with Crippen LogP contribution in [0.4, 0.5) is 0 Å². The third-order valence-corrected chi connectivity index (χ3v) is 8.84. The lowest BCUT2D eigenvalue weighted by molar-refractivity contribution is 0.448. The Morgan fingerprint density at radius 1 is 0.467 bits per heavy atom. The van der Waals surface area contributed by atoms with Gasteiger partial charge in [-0.15, -0.1) is 0 Å². The van der Waals surface area contributed by atoms with E-state index in [1.54, 1.807) is 6.07 Å². The van der Waals surface area contributed by atoms with Gasteiger partial charge in [0.25, 0.3) is 0 Å². The third kappa shape index (κ3) is 18.5. The van der Waals surface area contributed by atoms with Crippen molar-refractivity contribution in [3.8, 4) is 11.5 Å². The number of hydrogen-bond donors (Lipinski definition) is 2. The summed E-state index contributed by atoms with van der Waals surface area (Å²) in [6.07, 6.45) is 30.7. The monoisotopic (exact) mass is 615 g/mol. The van der Waals surface area contributed by atoms with Crippen molar-refractivity contribution >= 4 is 0 Å². The van der Waals surface area contributed by atoms with E-state index in [0.717, 1.165) is 80.9 Å². The lowest BCUT2D eigenvalue weighted by Crippen LogP contribution is -1.91. The second kappa shape index (κ2) is 22.5. The number of phenols is 2. The molecule has 1 aromatic carbocycles. The maximum atomic E-state index is 10.4. The van der Waals surface area contributed by atoms with Gasteiger partial charge in [-0.05, 0) is 170 Å². The molecule has 0 atom stereocenters. The van der Waals surface area contributed by atoms with Crippen molar-refractivity contribution in [2.45, 2.75) is 153 Å². The fourth-order valence-corrected chi connectivity index (χ4v) is 5.32. The van der Waals surface area contributed by atoms with Gasteiger partial charge in [0.15, 0.2) is 0 Å². The van der Waals surface area contributed by atoms with Gasteiger partial charge >= 0.3 is 0 Å². The average molecular weight is 615 g/mol. The Morgan fingerprint density at radius 3 is 1.11 bits per heavy atom. The first-order valence-corrected chi connectivity index (χ1v) is 17.4. The van der Waals surface area contributed by atoms with Gasteiger partial charge in [0, 0.05) is 5.56 Å². The van der Waals surface area contributed by atoms with Crippen molar-refractivity contribution in [3.63, 3.8) is 0 Å². The van der Waals surface area contributed by atoms with Crippen LogP contribution in [0.3, 0.4) is 0 Å². The van der Waals surface area contributed by atoms with Crippen LogP contribution in [0.1, 0.15) is 149 Å². The van der Waals surface area contributed by atoms with E-state index in [-0.39, 0.29) is 5.75 Å². The fraction of sp³-hybridized carbons (Fsp3) is 0.535. The minimum absolute atomic E-state index is 0.255. The minimum atomic E-state index is 0.255. The largest absolute Gasteiger partial charge is 0.508 e. The molecule has 1 aromatic rings. The van der Waals surface area contributed by atoms with Crippen LogP contribution in [0, 0.1) is 13.8 Å². The van der Waals surface area contributed by atoms with Crippen LogP contribution in [-0.2, 0) is 6.42 Å². The quantitative estimate of drug-likeness (QED) is 0.113. The lowest BCUT2D eigenvalue weighted by atomic mass is 9.99. The van der Waals surface area contributed by atoms with Crippen molar-refractivity contribution in [3.05, 3.63) is 104 Å². The molecule has 2 heteroatoms. The van der Waals surface area contributed by atoms with Crippen LogP contribution in [0.5, 0.6) is 11.5 Å². The third-order valence-electron chi connectivity index (χ3n) is 8.84. The van der Waals surface area contributed by atoms with E-state index >= 15 is 0 Å². The normalized spacial score (nSPS) is 13.9. The summed E-state index contributed by atoms with van der Waals surface area (Å²) in [4.78, 5) is 0. The molecule has 0 aromatic heterocycles.